The summed E-state index contributed by atoms with van der Waals surface area (Å²) in [5, 5.41) is 10.7. The minimum Gasteiger partial charge on any atom is -0.497 e. The molecular weight excluding hydrogens is 733 g/mol. The van der Waals surface area contributed by atoms with Crippen molar-refractivity contribution in [3.63, 3.8) is 0 Å². The van der Waals surface area contributed by atoms with Crippen LogP contribution in [0.5, 0.6) is 5.75 Å². The Morgan fingerprint density at radius 3 is 1.62 bits per heavy atom. The Morgan fingerprint density at radius 2 is 0.967 bits per heavy atom. The first-order valence-corrected chi connectivity index (χ1v) is 20.5. The van der Waals surface area contributed by atoms with E-state index in [0.29, 0.717) is 10.8 Å². The van der Waals surface area contributed by atoms with E-state index in [2.05, 4.69) is 176 Å². The van der Waals surface area contributed by atoms with Gasteiger partial charge in [-0.25, -0.2) is 4.98 Å². The summed E-state index contributed by atoms with van der Waals surface area (Å²) in [5.41, 5.74) is 10.9. The van der Waals surface area contributed by atoms with Crippen molar-refractivity contribution in [2.45, 2.75) is 19.3 Å². The SMILES string of the molecule is COc1ccc2c(c1)c1ccccc1c1cc3c(cc21)C(C)(C)c1cc2c(cc1-3)c(=O)c1cc3ccccc3cc1n2-c1cc(-c2ccccc2)nc(-c2ccccc2)c1. The highest BCUT2D eigenvalue weighted by Crippen LogP contribution is 2.53. The molecule has 0 radical (unpaired) electrons. The molecule has 0 fully saturated rings. The monoisotopic (exact) mass is 770 g/mol. The van der Waals surface area contributed by atoms with Gasteiger partial charge in [-0.05, 0) is 126 Å². The number of benzene rings is 9. The number of methoxy groups -OCH3 is 1. The second-order valence-corrected chi connectivity index (χ2v) is 16.6. The summed E-state index contributed by atoms with van der Waals surface area (Å²) >= 11 is 0. The van der Waals surface area contributed by atoms with E-state index in [-0.39, 0.29) is 10.8 Å². The summed E-state index contributed by atoms with van der Waals surface area (Å²) < 4.78 is 8.01. The molecule has 1 aliphatic rings. The van der Waals surface area contributed by atoms with Crippen LogP contribution in [0.15, 0.2) is 181 Å². The molecule has 284 valence electrons. The molecular formula is C56H38N2O2. The van der Waals surface area contributed by atoms with Crippen molar-refractivity contribution < 1.29 is 4.74 Å². The van der Waals surface area contributed by atoms with Crippen LogP contribution in [0.4, 0.5) is 0 Å². The van der Waals surface area contributed by atoms with E-state index in [0.717, 1.165) is 61.3 Å². The molecule has 60 heavy (non-hydrogen) atoms. The van der Waals surface area contributed by atoms with Crippen molar-refractivity contribution in [2.75, 3.05) is 7.11 Å². The number of fused-ring (bicyclic) bond motifs is 12. The fraction of sp³-hybridized carbons (Fsp3) is 0.0714. The van der Waals surface area contributed by atoms with Gasteiger partial charge in [0, 0.05) is 27.3 Å². The molecule has 11 aromatic rings. The van der Waals surface area contributed by atoms with Crippen LogP contribution in [-0.4, -0.2) is 16.7 Å². The van der Waals surface area contributed by atoms with Crippen LogP contribution in [0.1, 0.15) is 25.0 Å². The fourth-order valence-corrected chi connectivity index (χ4v) is 9.99. The van der Waals surface area contributed by atoms with Crippen LogP contribution < -0.4 is 10.2 Å². The number of hydrogen-bond donors (Lipinski definition) is 0. The van der Waals surface area contributed by atoms with Crippen LogP contribution in [-0.2, 0) is 5.41 Å². The van der Waals surface area contributed by atoms with Gasteiger partial charge in [0.25, 0.3) is 0 Å². The molecule has 0 atom stereocenters. The lowest BCUT2D eigenvalue weighted by atomic mass is 9.81. The summed E-state index contributed by atoms with van der Waals surface area (Å²) in [5.74, 6) is 0.843. The number of nitrogens with zero attached hydrogens (tertiary/aromatic N) is 2. The van der Waals surface area contributed by atoms with E-state index >= 15 is 4.79 Å². The summed E-state index contributed by atoms with van der Waals surface area (Å²) in [6.07, 6.45) is 0. The summed E-state index contributed by atoms with van der Waals surface area (Å²) in [4.78, 5) is 20.3. The maximum Gasteiger partial charge on any atom is 0.197 e. The number of hydrogen-bond acceptors (Lipinski definition) is 3. The van der Waals surface area contributed by atoms with Gasteiger partial charge >= 0.3 is 0 Å². The minimum atomic E-state index is -0.362. The Bertz CT molecular complexity index is 3620. The van der Waals surface area contributed by atoms with Gasteiger partial charge in [0.05, 0.1) is 35.2 Å². The van der Waals surface area contributed by atoms with Gasteiger partial charge in [0.15, 0.2) is 5.43 Å². The van der Waals surface area contributed by atoms with E-state index < -0.39 is 0 Å². The van der Waals surface area contributed by atoms with Gasteiger partial charge in [-0.3, -0.25) is 4.79 Å². The van der Waals surface area contributed by atoms with Crippen LogP contribution in [0.25, 0.3) is 104 Å². The summed E-state index contributed by atoms with van der Waals surface area (Å²) in [6, 6.07) is 62.0. The standard InChI is InChI=1S/C56H38N2O2/c1-56(2)49-31-44-41-23-22-38(60-3)28-42(41)39-20-12-13-21-40(39)43(44)29-45(49)46-30-48-54(32-50(46)56)58(53-25-36-19-11-10-18-35(36)24-47(53)55(48)59)37-26-51(33-14-6-4-7-15-33)57-52(27-37)34-16-8-5-9-17-34/h4-32H,1-3H3. The lowest BCUT2D eigenvalue weighted by Crippen LogP contribution is -2.17. The molecule has 0 amide bonds. The molecule has 2 heterocycles. The van der Waals surface area contributed by atoms with Crippen LogP contribution >= 0.6 is 0 Å². The van der Waals surface area contributed by atoms with Crippen molar-refractivity contribution in [1.82, 2.24) is 9.55 Å². The van der Waals surface area contributed by atoms with Crippen LogP contribution in [0, 0.1) is 0 Å². The van der Waals surface area contributed by atoms with E-state index in [9.17, 15) is 0 Å². The Hall–Kier alpha value is -7.56. The number of rotatable bonds is 4. The molecule has 4 heteroatoms. The molecule has 0 saturated heterocycles. The summed E-state index contributed by atoms with van der Waals surface area (Å²) in [6.45, 7) is 4.65. The van der Waals surface area contributed by atoms with Crippen LogP contribution in [0.3, 0.4) is 0 Å². The number of pyridine rings is 2. The topological polar surface area (TPSA) is 44.1 Å². The van der Waals surface area contributed by atoms with Crippen molar-refractivity contribution in [3.8, 4) is 45.1 Å². The van der Waals surface area contributed by atoms with Gasteiger partial charge < -0.3 is 9.30 Å². The second kappa shape index (κ2) is 12.7. The molecule has 0 saturated carbocycles. The molecule has 4 nitrogen and oxygen atoms in total. The van der Waals surface area contributed by atoms with Gasteiger partial charge in [0.1, 0.15) is 5.75 Å². The van der Waals surface area contributed by atoms with E-state index in [4.69, 9.17) is 9.72 Å². The molecule has 0 unspecified atom stereocenters. The maximum atomic E-state index is 15.1. The van der Waals surface area contributed by atoms with E-state index in [1.807, 2.05) is 18.2 Å². The minimum absolute atomic E-state index is 0.0304. The van der Waals surface area contributed by atoms with E-state index in [1.165, 1.54) is 49.0 Å². The van der Waals surface area contributed by atoms with Crippen LogP contribution in [0.2, 0.25) is 0 Å². The molecule has 1 aliphatic carbocycles. The van der Waals surface area contributed by atoms with Gasteiger partial charge in [-0.1, -0.05) is 129 Å². The number of ether oxygens (including phenoxy) is 1. The zero-order valence-corrected chi connectivity index (χ0v) is 33.5. The first kappa shape index (κ1) is 34.5. The molecule has 12 rings (SSSR count). The highest BCUT2D eigenvalue weighted by Gasteiger charge is 2.37. The normalized spacial score (nSPS) is 13.1. The first-order chi connectivity index (χ1) is 29.4. The molecule has 0 spiro atoms. The zero-order valence-electron chi connectivity index (χ0n) is 33.5. The Labute approximate surface area is 346 Å². The maximum absolute atomic E-state index is 15.1. The predicted octanol–water partition coefficient (Wildman–Crippen LogP) is 13.8. The fourth-order valence-electron chi connectivity index (χ4n) is 9.99. The van der Waals surface area contributed by atoms with Crippen molar-refractivity contribution in [3.05, 3.63) is 197 Å². The third-order valence-corrected chi connectivity index (χ3v) is 13.0. The Balaban J connectivity index is 1.20. The van der Waals surface area contributed by atoms with Crippen molar-refractivity contribution in [2.24, 2.45) is 0 Å². The highest BCUT2D eigenvalue weighted by atomic mass is 16.5. The lowest BCUT2D eigenvalue weighted by molar-refractivity contribution is 0.415. The third-order valence-electron chi connectivity index (χ3n) is 13.0. The van der Waals surface area contributed by atoms with Gasteiger partial charge in [-0.2, -0.15) is 0 Å². The van der Waals surface area contributed by atoms with E-state index in [1.54, 1.807) is 7.11 Å². The second-order valence-electron chi connectivity index (χ2n) is 16.6. The smallest absolute Gasteiger partial charge is 0.197 e. The molecule has 0 aliphatic heterocycles. The quantitative estimate of drug-likeness (QED) is 0.132. The average molecular weight is 771 g/mol. The molecule has 2 aromatic heterocycles. The molecule has 0 bridgehead atoms. The van der Waals surface area contributed by atoms with Crippen molar-refractivity contribution in [1.29, 1.82) is 0 Å². The number of aromatic nitrogens is 2. The molecule has 0 N–H and O–H groups in total. The Kier molecular flexibility index (Phi) is 7.31. The zero-order chi connectivity index (χ0) is 40.3. The lowest BCUT2D eigenvalue weighted by Gasteiger charge is -2.24. The van der Waals surface area contributed by atoms with Gasteiger partial charge in [-0.15, -0.1) is 0 Å². The summed E-state index contributed by atoms with van der Waals surface area (Å²) in [7, 11) is 1.72. The largest absolute Gasteiger partial charge is 0.497 e. The third kappa shape index (κ3) is 4.97. The highest BCUT2D eigenvalue weighted by molar-refractivity contribution is 6.26. The predicted molar refractivity (Wildman–Crippen MR) is 250 cm³/mol. The molecule has 9 aromatic carbocycles. The Morgan fingerprint density at radius 1 is 0.467 bits per heavy atom. The first-order valence-electron chi connectivity index (χ1n) is 20.5. The average Bonchev–Trinajstić information content (AvgIpc) is 3.51. The van der Waals surface area contributed by atoms with Crippen molar-refractivity contribution >= 4 is 64.9 Å². The van der Waals surface area contributed by atoms with Gasteiger partial charge in [0.2, 0.25) is 0 Å².